The summed E-state index contributed by atoms with van der Waals surface area (Å²) in [4.78, 5) is 33.9. The van der Waals surface area contributed by atoms with Gasteiger partial charge in [-0.2, -0.15) is 0 Å². The molecule has 0 saturated heterocycles. The molecule has 0 bridgehead atoms. The van der Waals surface area contributed by atoms with Crippen molar-refractivity contribution in [2.45, 2.75) is 46.5 Å². The summed E-state index contributed by atoms with van der Waals surface area (Å²) < 4.78 is 5.66. The number of aromatic nitrogens is 2. The molecule has 9 heteroatoms. The van der Waals surface area contributed by atoms with E-state index >= 15 is 0 Å². The van der Waals surface area contributed by atoms with Crippen molar-refractivity contribution < 1.29 is 19.4 Å². The molecule has 0 spiro atoms. The Morgan fingerprint density at radius 2 is 2.00 bits per heavy atom. The number of fused-ring (bicyclic) bond motifs is 1. The summed E-state index contributed by atoms with van der Waals surface area (Å²) >= 11 is 6.09. The van der Waals surface area contributed by atoms with Crippen molar-refractivity contribution >= 4 is 40.7 Å². The summed E-state index contributed by atoms with van der Waals surface area (Å²) in [5.41, 5.74) is 1.36. The first-order chi connectivity index (χ1) is 16.7. The zero-order valence-corrected chi connectivity index (χ0v) is 22.1. The minimum absolute atomic E-state index is 0.117. The number of carboxylic acid groups (broad SMARTS) is 1. The first kappa shape index (κ1) is 26.9. The smallest absolute Gasteiger partial charge is 0.309 e. The number of aryl methyl sites for hydroxylation is 1. The topological polar surface area (TPSA) is 113 Å². The standard InChI is InChI=1S/C27H31ClN4O4/c1-14-11-18(28)9-10-19(14)17(4)21-30-22(29-8)20-23(31-21)32-24(33)27(20,7)15(2)13-36-16(3)12-26(5,6)25(34)35/h9-11,13H,3-4,12H2,1-2,5-8H3,(H,34,35)(H2,29,30,31,32,33)/b15-13+. The number of nitrogens with zero attached hydrogens (tertiary/aromatic N) is 2. The molecule has 8 nitrogen and oxygen atoms in total. The Labute approximate surface area is 216 Å². The monoisotopic (exact) mass is 510 g/mol. The van der Waals surface area contributed by atoms with Crippen LogP contribution in [0.2, 0.25) is 5.02 Å². The van der Waals surface area contributed by atoms with Gasteiger partial charge in [0.2, 0.25) is 5.91 Å². The van der Waals surface area contributed by atoms with E-state index in [2.05, 4.69) is 33.8 Å². The van der Waals surface area contributed by atoms with Gasteiger partial charge in [-0.1, -0.05) is 30.8 Å². The number of halogens is 1. The van der Waals surface area contributed by atoms with Crippen molar-refractivity contribution in [3.63, 3.8) is 0 Å². The predicted octanol–water partition coefficient (Wildman–Crippen LogP) is 5.69. The minimum atomic E-state index is -1.13. The number of carbonyl (C=O) groups excluding carboxylic acids is 1. The molecule has 36 heavy (non-hydrogen) atoms. The molecule has 0 saturated carbocycles. The van der Waals surface area contributed by atoms with Crippen molar-refractivity contribution in [1.29, 1.82) is 0 Å². The molecule has 190 valence electrons. The van der Waals surface area contributed by atoms with Gasteiger partial charge in [0.25, 0.3) is 0 Å². The molecule has 0 fully saturated rings. The number of aliphatic carboxylic acids is 1. The second kappa shape index (κ2) is 9.78. The maximum absolute atomic E-state index is 13.2. The number of carbonyl (C=O) groups is 2. The molecular formula is C27H31ClN4O4. The van der Waals surface area contributed by atoms with Crippen LogP contribution in [-0.4, -0.2) is 34.0 Å². The third-order valence-electron chi connectivity index (χ3n) is 6.52. The Balaban J connectivity index is 1.97. The molecule has 1 aromatic heterocycles. The van der Waals surface area contributed by atoms with Gasteiger partial charge in [-0.15, -0.1) is 0 Å². The molecule has 1 amide bonds. The van der Waals surface area contributed by atoms with E-state index in [1.165, 1.54) is 6.26 Å². The van der Waals surface area contributed by atoms with Crippen LogP contribution in [-0.2, 0) is 19.7 Å². The Morgan fingerprint density at radius 1 is 1.33 bits per heavy atom. The van der Waals surface area contributed by atoms with Crippen LogP contribution in [0.3, 0.4) is 0 Å². The van der Waals surface area contributed by atoms with Crippen LogP contribution in [0.25, 0.3) is 5.57 Å². The number of anilines is 2. The maximum atomic E-state index is 13.2. The minimum Gasteiger partial charge on any atom is -0.481 e. The summed E-state index contributed by atoms with van der Waals surface area (Å²) in [6, 6.07) is 5.48. The summed E-state index contributed by atoms with van der Waals surface area (Å²) in [7, 11) is 1.72. The molecular weight excluding hydrogens is 480 g/mol. The van der Waals surface area contributed by atoms with Gasteiger partial charge < -0.3 is 20.5 Å². The van der Waals surface area contributed by atoms with Crippen molar-refractivity contribution in [1.82, 2.24) is 9.97 Å². The molecule has 1 aliphatic rings. The van der Waals surface area contributed by atoms with Crippen LogP contribution in [0, 0.1) is 12.3 Å². The number of hydrogen-bond acceptors (Lipinski definition) is 6. The zero-order chi connectivity index (χ0) is 27.0. The Bertz CT molecular complexity index is 1320. The van der Waals surface area contributed by atoms with Crippen molar-refractivity contribution in [3.8, 4) is 0 Å². The lowest BCUT2D eigenvalue weighted by Crippen LogP contribution is -2.33. The van der Waals surface area contributed by atoms with Gasteiger partial charge in [0, 0.05) is 24.1 Å². The molecule has 0 aliphatic carbocycles. The van der Waals surface area contributed by atoms with Crippen LogP contribution in [0.15, 0.2) is 49.0 Å². The van der Waals surface area contributed by atoms with Crippen LogP contribution in [0.4, 0.5) is 11.6 Å². The zero-order valence-electron chi connectivity index (χ0n) is 21.4. The molecule has 1 atom stereocenters. The fourth-order valence-electron chi connectivity index (χ4n) is 4.05. The van der Waals surface area contributed by atoms with E-state index in [-0.39, 0.29) is 18.1 Å². The quantitative estimate of drug-likeness (QED) is 0.371. The summed E-state index contributed by atoms with van der Waals surface area (Å²) in [6.45, 7) is 16.6. The average molecular weight is 511 g/mol. The van der Waals surface area contributed by atoms with Gasteiger partial charge in [0.15, 0.2) is 5.82 Å². The number of ether oxygens (including phenoxy) is 1. The first-order valence-corrected chi connectivity index (χ1v) is 11.7. The number of rotatable bonds is 9. The number of allylic oxidation sites excluding steroid dienone is 1. The molecule has 3 N–H and O–H groups in total. The normalized spacial score (nSPS) is 17.3. The van der Waals surface area contributed by atoms with Gasteiger partial charge in [-0.25, -0.2) is 9.97 Å². The largest absolute Gasteiger partial charge is 0.481 e. The van der Waals surface area contributed by atoms with Crippen molar-refractivity contribution in [2.75, 3.05) is 17.7 Å². The van der Waals surface area contributed by atoms with E-state index in [0.717, 1.165) is 11.1 Å². The third-order valence-corrected chi connectivity index (χ3v) is 6.76. The first-order valence-electron chi connectivity index (χ1n) is 11.3. The van der Waals surface area contributed by atoms with E-state index in [9.17, 15) is 14.7 Å². The van der Waals surface area contributed by atoms with Crippen LogP contribution in [0.5, 0.6) is 0 Å². The van der Waals surface area contributed by atoms with Gasteiger partial charge >= 0.3 is 5.97 Å². The fourth-order valence-corrected chi connectivity index (χ4v) is 4.28. The van der Waals surface area contributed by atoms with Crippen LogP contribution in [0.1, 0.15) is 56.6 Å². The maximum Gasteiger partial charge on any atom is 0.309 e. The Kier molecular flexibility index (Phi) is 7.32. The Morgan fingerprint density at radius 3 is 2.58 bits per heavy atom. The summed E-state index contributed by atoms with van der Waals surface area (Å²) in [5.74, 6) is 0.258. The predicted molar refractivity (Wildman–Crippen MR) is 142 cm³/mol. The van der Waals surface area contributed by atoms with Crippen molar-refractivity contribution in [2.24, 2.45) is 5.41 Å². The number of carboxylic acids is 1. The van der Waals surface area contributed by atoms with E-state index in [4.69, 9.17) is 16.3 Å². The SMILES string of the molecule is C=C(CC(C)(C)C(=O)O)O/C=C(\C)C1(C)C(=O)Nc2nc(C(=C)c3ccc(Cl)cc3C)nc(NC)c21. The molecule has 2 heterocycles. The lowest BCUT2D eigenvalue weighted by molar-refractivity contribution is -0.147. The molecule has 0 radical (unpaired) electrons. The van der Waals surface area contributed by atoms with Crippen LogP contribution >= 0.6 is 11.6 Å². The second-order valence-corrected chi connectivity index (χ2v) is 10.1. The van der Waals surface area contributed by atoms with E-state index in [0.29, 0.717) is 39.2 Å². The van der Waals surface area contributed by atoms with Gasteiger partial charge in [-0.05, 0) is 63.5 Å². The lowest BCUT2D eigenvalue weighted by atomic mass is 9.78. The lowest BCUT2D eigenvalue weighted by Gasteiger charge is -2.25. The Hall–Kier alpha value is -3.65. The molecule has 2 aromatic rings. The highest BCUT2D eigenvalue weighted by molar-refractivity contribution is 6.30. The summed E-state index contributed by atoms with van der Waals surface area (Å²) in [5, 5.41) is 15.9. The fraction of sp³-hybridized carbons (Fsp3) is 0.333. The highest BCUT2D eigenvalue weighted by Crippen LogP contribution is 2.46. The molecule has 1 aromatic carbocycles. The van der Waals surface area contributed by atoms with E-state index in [1.54, 1.807) is 40.8 Å². The van der Waals surface area contributed by atoms with Gasteiger partial charge in [-0.3, -0.25) is 9.59 Å². The number of hydrogen-bond donors (Lipinski definition) is 3. The molecule has 3 rings (SSSR count). The number of benzene rings is 1. The number of nitrogens with one attached hydrogen (secondary N) is 2. The molecule has 1 unspecified atom stereocenters. The van der Waals surface area contributed by atoms with E-state index in [1.807, 2.05) is 19.1 Å². The molecule has 1 aliphatic heterocycles. The second-order valence-electron chi connectivity index (χ2n) is 9.71. The van der Waals surface area contributed by atoms with E-state index < -0.39 is 16.8 Å². The van der Waals surface area contributed by atoms with Crippen molar-refractivity contribution in [3.05, 3.63) is 76.5 Å². The summed E-state index contributed by atoms with van der Waals surface area (Å²) in [6.07, 6.45) is 1.55. The third kappa shape index (κ3) is 4.86. The highest BCUT2D eigenvalue weighted by atomic mass is 35.5. The van der Waals surface area contributed by atoms with Crippen LogP contribution < -0.4 is 10.6 Å². The van der Waals surface area contributed by atoms with Gasteiger partial charge in [0.05, 0.1) is 23.0 Å². The average Bonchev–Trinajstić information content (AvgIpc) is 3.06. The van der Waals surface area contributed by atoms with Gasteiger partial charge in [0.1, 0.15) is 17.1 Å². The highest BCUT2D eigenvalue weighted by Gasteiger charge is 2.48. The number of amides is 1.